The molecule has 0 fully saturated rings. The third-order valence-electron chi connectivity index (χ3n) is 0.692. The summed E-state index contributed by atoms with van der Waals surface area (Å²) in [5, 5.41) is 0. The zero-order valence-corrected chi connectivity index (χ0v) is 5.39. The third-order valence-corrected chi connectivity index (χ3v) is 0.692. The van der Waals surface area contributed by atoms with Gasteiger partial charge in [-0.3, -0.25) is 4.99 Å². The van der Waals surface area contributed by atoms with Crippen LogP contribution in [0.25, 0.3) is 0 Å². The summed E-state index contributed by atoms with van der Waals surface area (Å²) in [5.41, 5.74) is 0.988. The Morgan fingerprint density at radius 2 is 2.25 bits per heavy atom. The van der Waals surface area contributed by atoms with E-state index in [0.717, 1.165) is 5.70 Å². The molecule has 0 spiro atoms. The van der Waals surface area contributed by atoms with Crippen LogP contribution in [0.2, 0.25) is 0 Å². The van der Waals surface area contributed by atoms with Crippen molar-refractivity contribution in [1.29, 1.82) is 0 Å². The summed E-state index contributed by atoms with van der Waals surface area (Å²) in [6.07, 6.45) is 5.34. The lowest BCUT2D eigenvalue weighted by Gasteiger charge is -1.83. The first-order valence-corrected chi connectivity index (χ1v) is 2.59. The van der Waals surface area contributed by atoms with Gasteiger partial charge in [-0.15, -0.1) is 0 Å². The Hall–Kier alpha value is -0.850. The first-order chi connectivity index (χ1) is 3.81. The van der Waals surface area contributed by atoms with E-state index in [2.05, 4.69) is 11.6 Å². The molecule has 0 heterocycles. The first kappa shape index (κ1) is 7.15. The fourth-order valence-electron chi connectivity index (χ4n) is 0.417. The molecule has 0 aromatic rings. The molecule has 0 aromatic heterocycles. The maximum atomic E-state index is 3.98. The van der Waals surface area contributed by atoms with E-state index >= 15 is 0 Å². The van der Waals surface area contributed by atoms with Gasteiger partial charge in [0.05, 0.1) is 0 Å². The highest BCUT2D eigenvalue weighted by Crippen LogP contribution is 1.91. The molecule has 8 heavy (non-hydrogen) atoms. The van der Waals surface area contributed by atoms with Crippen LogP contribution in [0.15, 0.2) is 29.4 Å². The van der Waals surface area contributed by atoms with Gasteiger partial charge in [0.1, 0.15) is 0 Å². The van der Waals surface area contributed by atoms with E-state index in [4.69, 9.17) is 0 Å². The van der Waals surface area contributed by atoms with Crippen molar-refractivity contribution in [3.8, 4) is 0 Å². The SMILES string of the molecule is C=C/C=C(/C)N=CC. The summed E-state index contributed by atoms with van der Waals surface area (Å²) in [4.78, 5) is 3.98. The maximum absolute atomic E-state index is 3.98. The predicted octanol–water partition coefficient (Wildman–Crippen LogP) is 2.17. The summed E-state index contributed by atoms with van der Waals surface area (Å²) < 4.78 is 0. The van der Waals surface area contributed by atoms with Crippen LogP contribution in [-0.2, 0) is 0 Å². The van der Waals surface area contributed by atoms with Gasteiger partial charge in [0, 0.05) is 11.9 Å². The molecule has 0 radical (unpaired) electrons. The molecule has 0 atom stereocenters. The smallest absolute Gasteiger partial charge is 0.0368 e. The minimum absolute atomic E-state index is 0.988. The highest BCUT2D eigenvalue weighted by Gasteiger charge is 1.72. The zero-order chi connectivity index (χ0) is 6.41. The van der Waals surface area contributed by atoms with Gasteiger partial charge >= 0.3 is 0 Å². The van der Waals surface area contributed by atoms with Crippen LogP contribution < -0.4 is 0 Å². The molecule has 0 unspecified atom stereocenters. The van der Waals surface area contributed by atoms with Crippen molar-refractivity contribution >= 4 is 6.21 Å². The standard InChI is InChI=1S/C7H11N/c1-4-6-7(3)8-5-2/h4-6H,1H2,2-3H3/b7-6-,8-5?. The van der Waals surface area contributed by atoms with Gasteiger partial charge in [0.2, 0.25) is 0 Å². The summed E-state index contributed by atoms with van der Waals surface area (Å²) in [5.74, 6) is 0. The second-order valence-corrected chi connectivity index (χ2v) is 1.43. The van der Waals surface area contributed by atoms with Gasteiger partial charge in [-0.25, -0.2) is 0 Å². The second-order valence-electron chi connectivity index (χ2n) is 1.43. The van der Waals surface area contributed by atoms with Crippen molar-refractivity contribution in [3.05, 3.63) is 24.4 Å². The average molecular weight is 109 g/mol. The van der Waals surface area contributed by atoms with Crippen LogP contribution in [0.5, 0.6) is 0 Å². The summed E-state index contributed by atoms with van der Waals surface area (Å²) >= 11 is 0. The molecule has 0 bridgehead atoms. The quantitative estimate of drug-likeness (QED) is 0.380. The topological polar surface area (TPSA) is 12.4 Å². The van der Waals surface area contributed by atoms with E-state index in [1.807, 2.05) is 19.9 Å². The van der Waals surface area contributed by atoms with Crippen molar-refractivity contribution in [1.82, 2.24) is 0 Å². The zero-order valence-electron chi connectivity index (χ0n) is 5.39. The monoisotopic (exact) mass is 109 g/mol. The van der Waals surface area contributed by atoms with Crippen LogP contribution in [0, 0.1) is 0 Å². The van der Waals surface area contributed by atoms with Gasteiger partial charge in [-0.2, -0.15) is 0 Å². The molecular weight excluding hydrogens is 98.1 g/mol. The van der Waals surface area contributed by atoms with Crippen molar-refractivity contribution in [3.63, 3.8) is 0 Å². The third kappa shape index (κ3) is 3.34. The first-order valence-electron chi connectivity index (χ1n) is 2.59. The average Bonchev–Trinajstić information content (AvgIpc) is 1.68. The van der Waals surface area contributed by atoms with Gasteiger partial charge in [0.25, 0.3) is 0 Å². The Morgan fingerprint density at radius 3 is 2.62 bits per heavy atom. The van der Waals surface area contributed by atoms with E-state index in [-0.39, 0.29) is 0 Å². The van der Waals surface area contributed by atoms with Crippen molar-refractivity contribution in [2.75, 3.05) is 0 Å². The molecule has 1 nitrogen and oxygen atoms in total. The van der Waals surface area contributed by atoms with Crippen LogP contribution in [-0.4, -0.2) is 6.21 Å². The van der Waals surface area contributed by atoms with E-state index < -0.39 is 0 Å². The molecule has 0 aromatic carbocycles. The normalized spacial score (nSPS) is 12.5. The summed E-state index contributed by atoms with van der Waals surface area (Å²) in [6, 6.07) is 0. The summed E-state index contributed by atoms with van der Waals surface area (Å²) in [6.45, 7) is 7.35. The van der Waals surface area contributed by atoms with Crippen LogP contribution in [0.4, 0.5) is 0 Å². The largest absolute Gasteiger partial charge is 0.266 e. The van der Waals surface area contributed by atoms with Crippen LogP contribution in [0.3, 0.4) is 0 Å². The lowest BCUT2D eigenvalue weighted by atomic mass is 10.4. The predicted molar refractivity (Wildman–Crippen MR) is 38.1 cm³/mol. The fraction of sp³-hybridized carbons (Fsp3) is 0.286. The maximum Gasteiger partial charge on any atom is 0.0368 e. The number of hydrogen-bond donors (Lipinski definition) is 0. The Bertz CT molecular complexity index is 120. The Balaban J connectivity index is 3.79. The van der Waals surface area contributed by atoms with E-state index in [1.165, 1.54) is 0 Å². The molecule has 0 aliphatic heterocycles. The number of hydrogen-bond acceptors (Lipinski definition) is 1. The number of allylic oxidation sites excluding steroid dienone is 3. The Kier molecular flexibility index (Phi) is 3.85. The Morgan fingerprint density at radius 1 is 1.62 bits per heavy atom. The minimum Gasteiger partial charge on any atom is -0.266 e. The fourth-order valence-corrected chi connectivity index (χ4v) is 0.417. The van der Waals surface area contributed by atoms with Crippen molar-refractivity contribution < 1.29 is 0 Å². The van der Waals surface area contributed by atoms with Crippen molar-refractivity contribution in [2.45, 2.75) is 13.8 Å². The van der Waals surface area contributed by atoms with Gasteiger partial charge < -0.3 is 0 Å². The highest BCUT2D eigenvalue weighted by molar-refractivity contribution is 5.55. The lowest BCUT2D eigenvalue weighted by molar-refractivity contribution is 1.31. The summed E-state index contributed by atoms with van der Waals surface area (Å²) in [7, 11) is 0. The van der Waals surface area contributed by atoms with E-state index in [1.54, 1.807) is 12.3 Å². The highest BCUT2D eigenvalue weighted by atomic mass is 14.7. The van der Waals surface area contributed by atoms with E-state index in [9.17, 15) is 0 Å². The molecule has 0 saturated heterocycles. The molecule has 0 aliphatic carbocycles. The van der Waals surface area contributed by atoms with Crippen molar-refractivity contribution in [2.24, 2.45) is 4.99 Å². The number of nitrogens with zero attached hydrogens (tertiary/aromatic N) is 1. The lowest BCUT2D eigenvalue weighted by Crippen LogP contribution is -1.65. The molecule has 1 heteroatoms. The van der Waals surface area contributed by atoms with Gasteiger partial charge in [-0.1, -0.05) is 12.7 Å². The molecule has 0 aliphatic rings. The molecule has 0 amide bonds. The van der Waals surface area contributed by atoms with Crippen LogP contribution >= 0.6 is 0 Å². The van der Waals surface area contributed by atoms with Crippen LogP contribution in [0.1, 0.15) is 13.8 Å². The second kappa shape index (κ2) is 4.31. The van der Waals surface area contributed by atoms with Gasteiger partial charge in [-0.05, 0) is 19.9 Å². The molecule has 44 valence electrons. The Labute approximate surface area is 50.4 Å². The molecule has 0 rings (SSSR count). The minimum atomic E-state index is 0.988. The molecular formula is C7H11N. The van der Waals surface area contributed by atoms with Gasteiger partial charge in [0.15, 0.2) is 0 Å². The van der Waals surface area contributed by atoms with E-state index in [0.29, 0.717) is 0 Å². The molecule has 0 N–H and O–H groups in total. The number of rotatable bonds is 2. The number of aliphatic imine (C=N–C) groups is 1. The molecule has 0 saturated carbocycles.